The van der Waals surface area contributed by atoms with E-state index in [1.807, 2.05) is 12.1 Å². The van der Waals surface area contributed by atoms with Gasteiger partial charge in [0, 0.05) is 11.9 Å². The molecule has 84 valence electrons. The average Bonchev–Trinajstić information content (AvgIpc) is 2.40. The number of para-hydroxylation sites is 1. The first-order valence-electron chi connectivity index (χ1n) is 5.84. The molecule has 3 rings (SSSR count). The summed E-state index contributed by atoms with van der Waals surface area (Å²) >= 11 is 0. The summed E-state index contributed by atoms with van der Waals surface area (Å²) in [4.78, 5) is 6.92. The van der Waals surface area contributed by atoms with E-state index in [9.17, 15) is 0 Å². The van der Waals surface area contributed by atoms with Crippen molar-refractivity contribution in [3.63, 3.8) is 0 Å². The predicted octanol–water partition coefficient (Wildman–Crippen LogP) is 3.12. The molecule has 0 spiro atoms. The molecule has 2 heteroatoms. The normalized spacial score (nSPS) is 14.5. The number of hydrogen-bond acceptors (Lipinski definition) is 2. The van der Waals surface area contributed by atoms with Crippen molar-refractivity contribution in [2.45, 2.75) is 6.54 Å². The van der Waals surface area contributed by atoms with Crippen molar-refractivity contribution in [3.8, 4) is 0 Å². The lowest BCUT2D eigenvalue weighted by Gasteiger charge is -2.19. The smallest absolute Gasteiger partial charge is 0.0706 e. The molecule has 1 aromatic heterocycles. The van der Waals surface area contributed by atoms with Gasteiger partial charge in [-0.15, -0.1) is 0 Å². The van der Waals surface area contributed by atoms with Gasteiger partial charge in [0.1, 0.15) is 0 Å². The van der Waals surface area contributed by atoms with Gasteiger partial charge in [0.15, 0.2) is 0 Å². The first-order chi connectivity index (χ1) is 8.42. The molecule has 0 fully saturated rings. The number of allylic oxidation sites excluding steroid dienone is 2. The standard InChI is InChI=1S/C15H14N2/c1-4-10-17(11-5-1)12-14-9-8-13-6-2-3-7-15(13)16-14/h1-10H,11-12H2. The summed E-state index contributed by atoms with van der Waals surface area (Å²) in [5.41, 5.74) is 2.19. The second kappa shape index (κ2) is 4.42. The SMILES string of the molecule is C1=CCN(Cc2ccc3ccccc3n2)C=C1. The molecule has 0 radical (unpaired) electrons. The van der Waals surface area contributed by atoms with Crippen LogP contribution in [-0.2, 0) is 6.54 Å². The Labute approximate surface area is 101 Å². The maximum absolute atomic E-state index is 4.67. The van der Waals surface area contributed by atoms with Gasteiger partial charge < -0.3 is 4.90 Å². The van der Waals surface area contributed by atoms with Gasteiger partial charge in [0.2, 0.25) is 0 Å². The Balaban J connectivity index is 1.85. The highest BCUT2D eigenvalue weighted by molar-refractivity contribution is 5.78. The van der Waals surface area contributed by atoms with E-state index in [4.69, 9.17) is 0 Å². The third-order valence-electron chi connectivity index (χ3n) is 2.91. The molecule has 2 aromatic rings. The number of pyridine rings is 1. The maximum atomic E-state index is 4.67. The highest BCUT2D eigenvalue weighted by Crippen LogP contribution is 2.13. The summed E-state index contributed by atoms with van der Waals surface area (Å²) in [5.74, 6) is 0. The third-order valence-corrected chi connectivity index (χ3v) is 2.91. The zero-order valence-electron chi connectivity index (χ0n) is 9.58. The van der Waals surface area contributed by atoms with Crippen molar-refractivity contribution in [1.82, 2.24) is 9.88 Å². The third kappa shape index (κ3) is 2.21. The second-order valence-electron chi connectivity index (χ2n) is 4.19. The van der Waals surface area contributed by atoms with E-state index in [1.54, 1.807) is 0 Å². The van der Waals surface area contributed by atoms with Gasteiger partial charge in [-0.2, -0.15) is 0 Å². The molecule has 17 heavy (non-hydrogen) atoms. The van der Waals surface area contributed by atoms with Crippen LogP contribution in [0.25, 0.3) is 10.9 Å². The van der Waals surface area contributed by atoms with Crippen molar-refractivity contribution in [1.29, 1.82) is 0 Å². The zero-order chi connectivity index (χ0) is 11.5. The van der Waals surface area contributed by atoms with Crippen molar-refractivity contribution >= 4 is 10.9 Å². The highest BCUT2D eigenvalue weighted by Gasteiger charge is 2.03. The summed E-state index contributed by atoms with van der Waals surface area (Å²) in [7, 11) is 0. The molecule has 0 N–H and O–H groups in total. The fourth-order valence-corrected chi connectivity index (χ4v) is 2.03. The Morgan fingerprint density at radius 3 is 2.88 bits per heavy atom. The summed E-state index contributed by atoms with van der Waals surface area (Å²) in [6.07, 6.45) is 8.40. The van der Waals surface area contributed by atoms with E-state index in [0.29, 0.717) is 0 Å². The Morgan fingerprint density at radius 1 is 1.06 bits per heavy atom. The molecule has 1 aliphatic heterocycles. The molecular weight excluding hydrogens is 208 g/mol. The minimum atomic E-state index is 0.867. The molecule has 2 heterocycles. The molecule has 0 atom stereocenters. The molecule has 2 nitrogen and oxygen atoms in total. The molecule has 0 amide bonds. The van der Waals surface area contributed by atoms with Gasteiger partial charge in [0.25, 0.3) is 0 Å². The Morgan fingerprint density at radius 2 is 2.00 bits per heavy atom. The summed E-state index contributed by atoms with van der Waals surface area (Å²) in [6, 6.07) is 12.5. The minimum Gasteiger partial charge on any atom is -0.368 e. The van der Waals surface area contributed by atoms with Crippen molar-refractivity contribution < 1.29 is 0 Å². The Hall–Kier alpha value is -2.09. The van der Waals surface area contributed by atoms with E-state index < -0.39 is 0 Å². The zero-order valence-corrected chi connectivity index (χ0v) is 9.58. The van der Waals surface area contributed by atoms with E-state index in [0.717, 1.165) is 24.3 Å². The van der Waals surface area contributed by atoms with Crippen LogP contribution in [0.1, 0.15) is 5.69 Å². The first-order valence-corrected chi connectivity index (χ1v) is 5.84. The molecule has 0 bridgehead atoms. The van der Waals surface area contributed by atoms with Crippen LogP contribution in [0.3, 0.4) is 0 Å². The molecule has 0 saturated heterocycles. The van der Waals surface area contributed by atoms with Crippen LogP contribution in [-0.4, -0.2) is 16.4 Å². The average molecular weight is 222 g/mol. The van der Waals surface area contributed by atoms with E-state index in [-0.39, 0.29) is 0 Å². The van der Waals surface area contributed by atoms with E-state index >= 15 is 0 Å². The van der Waals surface area contributed by atoms with Gasteiger partial charge >= 0.3 is 0 Å². The van der Waals surface area contributed by atoms with Crippen LogP contribution in [0, 0.1) is 0 Å². The number of nitrogens with zero attached hydrogens (tertiary/aromatic N) is 2. The van der Waals surface area contributed by atoms with Gasteiger partial charge in [-0.1, -0.05) is 36.4 Å². The fourth-order valence-electron chi connectivity index (χ4n) is 2.03. The van der Waals surface area contributed by atoms with Crippen LogP contribution in [0.2, 0.25) is 0 Å². The fraction of sp³-hybridized carbons (Fsp3) is 0.133. The van der Waals surface area contributed by atoms with Gasteiger partial charge in [-0.3, -0.25) is 4.98 Å². The van der Waals surface area contributed by atoms with Crippen LogP contribution >= 0.6 is 0 Å². The maximum Gasteiger partial charge on any atom is 0.0706 e. The predicted molar refractivity (Wildman–Crippen MR) is 70.4 cm³/mol. The van der Waals surface area contributed by atoms with Crippen molar-refractivity contribution in [2.75, 3.05) is 6.54 Å². The largest absolute Gasteiger partial charge is 0.368 e. The molecule has 0 aliphatic carbocycles. The molecule has 0 saturated carbocycles. The van der Waals surface area contributed by atoms with E-state index in [2.05, 4.69) is 58.6 Å². The minimum absolute atomic E-state index is 0.867. The number of fused-ring (bicyclic) bond motifs is 1. The molecular formula is C15H14N2. The van der Waals surface area contributed by atoms with Crippen molar-refractivity contribution in [3.05, 3.63) is 66.5 Å². The number of aromatic nitrogens is 1. The van der Waals surface area contributed by atoms with Crippen molar-refractivity contribution in [2.24, 2.45) is 0 Å². The van der Waals surface area contributed by atoms with Crippen LogP contribution in [0.5, 0.6) is 0 Å². The van der Waals surface area contributed by atoms with Crippen LogP contribution in [0.4, 0.5) is 0 Å². The number of rotatable bonds is 2. The lowest BCUT2D eigenvalue weighted by molar-refractivity contribution is 0.400. The first kappa shape index (κ1) is 10.1. The van der Waals surface area contributed by atoms with Gasteiger partial charge in [0.05, 0.1) is 17.8 Å². The number of hydrogen-bond donors (Lipinski definition) is 0. The monoisotopic (exact) mass is 222 g/mol. The van der Waals surface area contributed by atoms with Crippen LogP contribution < -0.4 is 0 Å². The van der Waals surface area contributed by atoms with E-state index in [1.165, 1.54) is 5.39 Å². The molecule has 0 unspecified atom stereocenters. The second-order valence-corrected chi connectivity index (χ2v) is 4.19. The Kier molecular flexibility index (Phi) is 2.62. The highest BCUT2D eigenvalue weighted by atomic mass is 15.1. The molecule has 1 aromatic carbocycles. The summed E-state index contributed by atoms with van der Waals surface area (Å²) < 4.78 is 0. The molecule has 1 aliphatic rings. The Bertz CT molecular complexity index is 584. The number of benzene rings is 1. The summed E-state index contributed by atoms with van der Waals surface area (Å²) in [6.45, 7) is 1.83. The van der Waals surface area contributed by atoms with Gasteiger partial charge in [-0.05, 0) is 24.4 Å². The van der Waals surface area contributed by atoms with Gasteiger partial charge in [-0.25, -0.2) is 0 Å². The lowest BCUT2D eigenvalue weighted by atomic mass is 10.2. The van der Waals surface area contributed by atoms with Crippen LogP contribution in [0.15, 0.2) is 60.8 Å². The topological polar surface area (TPSA) is 16.1 Å². The lowest BCUT2D eigenvalue weighted by Crippen LogP contribution is -2.18. The summed E-state index contributed by atoms with van der Waals surface area (Å²) in [5, 5.41) is 1.20. The quantitative estimate of drug-likeness (QED) is 0.776.